The highest BCUT2D eigenvalue weighted by atomic mass is 16.5. The number of carbonyl (C=O) groups excluding carboxylic acids is 2. The quantitative estimate of drug-likeness (QED) is 0.236. The number of methoxy groups -OCH3 is 2. The van der Waals surface area contributed by atoms with E-state index in [-0.39, 0.29) is 0 Å². The largest absolute Gasteiger partial charge is 0.466 e. The Morgan fingerprint density at radius 2 is 0.429 bits per heavy atom. The van der Waals surface area contributed by atoms with Gasteiger partial charge in [0, 0.05) is 12.2 Å². The van der Waals surface area contributed by atoms with Gasteiger partial charge in [-0.1, -0.05) is 206 Å². The van der Waals surface area contributed by atoms with Crippen LogP contribution in [0.4, 0.5) is 0 Å². The molecule has 0 amide bonds. The fourth-order valence-corrected chi connectivity index (χ4v) is 5.47. The van der Waals surface area contributed by atoms with E-state index in [4.69, 9.17) is 0 Å². The van der Waals surface area contributed by atoms with E-state index in [1.807, 2.05) is 0 Å². The molecule has 248 valence electrons. The summed E-state index contributed by atoms with van der Waals surface area (Å²) in [6.07, 6.45) is 47.2. The molecule has 3 fully saturated rings. The molecule has 3 saturated carbocycles. The van der Waals surface area contributed by atoms with Crippen molar-refractivity contribution in [1.29, 1.82) is 0 Å². The highest BCUT2D eigenvalue weighted by Crippen LogP contribution is 2.17. The van der Waals surface area contributed by atoms with Gasteiger partial charge in [0.15, 0.2) is 0 Å². The third kappa shape index (κ3) is 40.6. The van der Waals surface area contributed by atoms with Gasteiger partial charge in [0.05, 0.1) is 14.2 Å². The van der Waals surface area contributed by atoms with Crippen molar-refractivity contribution < 1.29 is 19.1 Å². The van der Waals surface area contributed by atoms with Crippen molar-refractivity contribution >= 4 is 11.9 Å². The van der Waals surface area contributed by atoms with Crippen LogP contribution in [0.5, 0.6) is 0 Å². The van der Waals surface area contributed by atoms with Gasteiger partial charge in [0.25, 0.3) is 0 Å². The van der Waals surface area contributed by atoms with Crippen molar-refractivity contribution in [2.45, 2.75) is 193 Å². The van der Waals surface area contributed by atoms with Crippen LogP contribution >= 0.6 is 0 Å². The van der Waals surface area contributed by atoms with Crippen LogP contribution < -0.4 is 0 Å². The Morgan fingerprint density at radius 1 is 0.333 bits per heavy atom. The molecule has 0 aliphatic heterocycles. The van der Waals surface area contributed by atoms with Crippen molar-refractivity contribution in [3.8, 4) is 0 Å². The molecule has 0 heterocycles. The molecule has 0 N–H and O–H groups in total. The Hall–Kier alpha value is -1.58. The van der Waals surface area contributed by atoms with Gasteiger partial charge in [0.1, 0.15) is 0 Å². The lowest BCUT2D eigenvalue weighted by molar-refractivity contribution is -0.135. The van der Waals surface area contributed by atoms with Crippen molar-refractivity contribution in [2.24, 2.45) is 0 Å². The smallest absolute Gasteiger partial charge is 0.329 e. The summed E-state index contributed by atoms with van der Waals surface area (Å²) in [4.78, 5) is 19.7. The van der Waals surface area contributed by atoms with Crippen molar-refractivity contribution in [3.05, 3.63) is 25.3 Å². The second-order valence-electron chi connectivity index (χ2n) is 12.1. The summed E-state index contributed by atoms with van der Waals surface area (Å²) in [6.45, 7) is 6.31. The van der Waals surface area contributed by atoms with E-state index < -0.39 is 11.9 Å². The Bertz CT molecular complexity index is 404. The topological polar surface area (TPSA) is 52.6 Å². The van der Waals surface area contributed by atoms with Gasteiger partial charge in [0.2, 0.25) is 0 Å². The minimum absolute atomic E-state index is 0.394. The maximum atomic E-state index is 9.84. The summed E-state index contributed by atoms with van der Waals surface area (Å²) in [5.74, 6) is -0.787. The molecule has 4 heteroatoms. The van der Waals surface area contributed by atoms with Crippen molar-refractivity contribution in [2.75, 3.05) is 14.2 Å². The van der Waals surface area contributed by atoms with Crippen LogP contribution in [0.1, 0.15) is 193 Å². The van der Waals surface area contributed by atoms with Crippen LogP contribution in [0.3, 0.4) is 0 Å². The molecule has 3 rings (SSSR count). The summed E-state index contributed by atoms with van der Waals surface area (Å²) in [5, 5.41) is 0. The Labute approximate surface area is 262 Å². The van der Waals surface area contributed by atoms with Crippen LogP contribution in [0.25, 0.3) is 0 Å². The van der Waals surface area contributed by atoms with Gasteiger partial charge in [-0.15, -0.1) is 0 Å². The first kappa shape index (κ1) is 42.6. The monoisotopic (exact) mass is 593 g/mol. The number of esters is 2. The Morgan fingerprint density at radius 3 is 0.452 bits per heavy atom. The third-order valence-electron chi connectivity index (χ3n) is 8.24. The third-order valence-corrected chi connectivity index (χ3v) is 8.24. The predicted octanol–water partition coefficient (Wildman–Crippen LogP) is 12.4. The molecular weight excluding hydrogens is 520 g/mol. The maximum absolute atomic E-state index is 9.84. The Balaban J connectivity index is 0. The predicted molar refractivity (Wildman–Crippen MR) is 183 cm³/mol. The van der Waals surface area contributed by atoms with Crippen LogP contribution in [-0.2, 0) is 19.1 Å². The van der Waals surface area contributed by atoms with E-state index in [1.165, 1.54) is 207 Å². The van der Waals surface area contributed by atoms with Crippen LogP contribution in [0.15, 0.2) is 25.3 Å². The van der Waals surface area contributed by atoms with Gasteiger partial charge in [-0.2, -0.15) is 0 Å². The molecule has 0 aromatic heterocycles. The molecule has 0 spiro atoms. The number of carbonyl (C=O) groups is 2. The zero-order valence-electron chi connectivity index (χ0n) is 28.4. The molecule has 0 atom stereocenters. The number of rotatable bonds is 2. The van der Waals surface area contributed by atoms with E-state index in [2.05, 4.69) is 22.6 Å². The van der Waals surface area contributed by atoms with Crippen molar-refractivity contribution in [1.82, 2.24) is 0 Å². The summed E-state index contributed by atoms with van der Waals surface area (Å²) in [7, 11) is 2.62. The maximum Gasteiger partial charge on any atom is 0.329 e. The van der Waals surface area contributed by atoms with Crippen LogP contribution in [0.2, 0.25) is 0 Å². The molecule has 0 unspecified atom stereocenters. The molecule has 0 aromatic carbocycles. The molecule has 42 heavy (non-hydrogen) atoms. The second kappa shape index (κ2) is 39.4. The highest BCUT2D eigenvalue weighted by molar-refractivity contribution is 5.81. The minimum Gasteiger partial charge on any atom is -0.466 e. The molecule has 0 radical (unpaired) electrons. The molecule has 0 bridgehead atoms. The molecule has 4 nitrogen and oxygen atoms in total. The molecule has 0 aromatic rings. The van der Waals surface area contributed by atoms with Crippen LogP contribution in [-0.4, -0.2) is 26.2 Å². The number of ether oxygens (including phenoxy) is 2. The van der Waals surface area contributed by atoms with E-state index in [9.17, 15) is 9.59 Å². The zero-order valence-corrected chi connectivity index (χ0v) is 28.4. The standard InChI is InChI=1S/3C10H20.2C4H6O2/c3*1-2-4-6-8-10-9-7-5-3-1;2*1-3-4(5)6-2/h3*1-10H2;2*3H,1H2,2H3. The lowest BCUT2D eigenvalue weighted by Gasteiger charge is -2.05. The van der Waals surface area contributed by atoms with Gasteiger partial charge < -0.3 is 9.47 Å². The van der Waals surface area contributed by atoms with E-state index in [0.29, 0.717) is 0 Å². The molecule has 0 saturated heterocycles. The first-order valence-electron chi connectivity index (χ1n) is 18.0. The van der Waals surface area contributed by atoms with Gasteiger partial charge >= 0.3 is 11.9 Å². The summed E-state index contributed by atoms with van der Waals surface area (Å²) < 4.78 is 8.28. The summed E-state index contributed by atoms with van der Waals surface area (Å²) in [6, 6.07) is 0. The Kier molecular flexibility index (Phi) is 39.9. The summed E-state index contributed by atoms with van der Waals surface area (Å²) >= 11 is 0. The molecule has 3 aliphatic rings. The van der Waals surface area contributed by atoms with Crippen molar-refractivity contribution in [3.63, 3.8) is 0 Å². The molecule has 3 aliphatic carbocycles. The SMILES string of the molecule is C1CCCCCCCCC1.C1CCCCCCCCC1.C1CCCCCCCCC1.C=CC(=O)OC.C=CC(=O)OC. The average Bonchev–Trinajstić information content (AvgIpc) is 3.06. The average molecular weight is 593 g/mol. The normalized spacial score (nSPS) is 19.1. The van der Waals surface area contributed by atoms with Gasteiger partial charge in [-0.3, -0.25) is 0 Å². The first-order chi connectivity index (χ1) is 20.6. The lowest BCUT2D eigenvalue weighted by Crippen LogP contribution is -1.91. The fourth-order valence-electron chi connectivity index (χ4n) is 5.47. The highest BCUT2D eigenvalue weighted by Gasteiger charge is 1.98. The van der Waals surface area contributed by atoms with Crippen LogP contribution in [0, 0.1) is 0 Å². The second-order valence-corrected chi connectivity index (χ2v) is 12.1. The lowest BCUT2D eigenvalue weighted by atomic mass is 10.0. The molecular formula is C38H72O4. The van der Waals surface area contributed by atoms with E-state index in [1.54, 1.807) is 0 Å². The van der Waals surface area contributed by atoms with E-state index >= 15 is 0 Å². The zero-order chi connectivity index (χ0) is 31.2. The fraction of sp³-hybridized carbons (Fsp3) is 0.842. The van der Waals surface area contributed by atoms with Gasteiger partial charge in [-0.05, 0) is 0 Å². The first-order valence-corrected chi connectivity index (χ1v) is 18.0. The van der Waals surface area contributed by atoms with E-state index in [0.717, 1.165) is 12.2 Å². The van der Waals surface area contributed by atoms with Gasteiger partial charge in [-0.25, -0.2) is 9.59 Å². The summed E-state index contributed by atoms with van der Waals surface area (Å²) in [5.41, 5.74) is 0. The minimum atomic E-state index is -0.394. The number of hydrogen-bond donors (Lipinski definition) is 0. The number of hydrogen-bond acceptors (Lipinski definition) is 4.